The highest BCUT2D eigenvalue weighted by Crippen LogP contribution is 2.52. The van der Waals surface area contributed by atoms with Crippen LogP contribution >= 0.6 is 27.5 Å². The van der Waals surface area contributed by atoms with Gasteiger partial charge in [0.05, 0.1) is 6.04 Å². The molecule has 3 heteroatoms. The van der Waals surface area contributed by atoms with Crippen molar-refractivity contribution in [2.24, 2.45) is 5.92 Å². The summed E-state index contributed by atoms with van der Waals surface area (Å²) in [6.07, 6.45) is 5.77. The molecule has 2 aromatic carbocycles. The van der Waals surface area contributed by atoms with E-state index >= 15 is 0 Å². The lowest BCUT2D eigenvalue weighted by molar-refractivity contribution is 0.424. The molecular formula is C19H17BrClN. The summed E-state index contributed by atoms with van der Waals surface area (Å²) in [5.74, 6) is 0.995. The zero-order chi connectivity index (χ0) is 15.3. The predicted octanol–water partition coefficient (Wildman–Crippen LogP) is 6.24. The highest BCUT2D eigenvalue weighted by Gasteiger charge is 2.39. The van der Waals surface area contributed by atoms with Crippen molar-refractivity contribution in [2.45, 2.75) is 25.3 Å². The van der Waals surface area contributed by atoms with Crippen molar-refractivity contribution in [1.29, 1.82) is 0 Å². The van der Waals surface area contributed by atoms with Gasteiger partial charge in [-0.1, -0.05) is 57.9 Å². The number of allylic oxidation sites excluding steroid dienone is 2. The first-order chi connectivity index (χ1) is 10.6. The average molecular weight is 375 g/mol. The second kappa shape index (κ2) is 5.43. The Morgan fingerprint density at radius 2 is 2.00 bits per heavy atom. The number of rotatable bonds is 1. The molecule has 2 aliphatic rings. The van der Waals surface area contributed by atoms with Gasteiger partial charge in [0, 0.05) is 21.1 Å². The number of halogens is 2. The maximum absolute atomic E-state index is 6.29. The zero-order valence-corrected chi connectivity index (χ0v) is 14.7. The first-order valence-corrected chi connectivity index (χ1v) is 8.80. The monoisotopic (exact) mass is 373 g/mol. The molecule has 0 aromatic heterocycles. The Balaban J connectivity index is 1.86. The standard InChI is InChI=1S/C19H17BrClN/c1-11-9-12(21)10-16-13-6-4-7-14(13)19(22-18(11)16)15-5-2-3-8-17(15)20/h2-6,8-10,13-14,19,22H,7H2,1H3/t13?,14?,19-/m0/s1. The number of aryl methyl sites for hydroxylation is 1. The van der Waals surface area contributed by atoms with Crippen LogP contribution in [0.15, 0.2) is 53.0 Å². The minimum atomic E-state index is 0.322. The van der Waals surface area contributed by atoms with Crippen LogP contribution in [0, 0.1) is 12.8 Å². The van der Waals surface area contributed by atoms with Crippen LogP contribution in [0.25, 0.3) is 0 Å². The van der Waals surface area contributed by atoms with Gasteiger partial charge in [-0.25, -0.2) is 0 Å². The molecule has 2 aromatic rings. The zero-order valence-electron chi connectivity index (χ0n) is 12.3. The van der Waals surface area contributed by atoms with Crippen molar-refractivity contribution in [3.63, 3.8) is 0 Å². The summed E-state index contributed by atoms with van der Waals surface area (Å²) in [4.78, 5) is 0. The molecule has 1 aliphatic heterocycles. The van der Waals surface area contributed by atoms with Gasteiger partial charge in [0.15, 0.2) is 0 Å². The topological polar surface area (TPSA) is 12.0 Å². The first-order valence-electron chi connectivity index (χ1n) is 7.63. The molecule has 3 atom stereocenters. The van der Waals surface area contributed by atoms with Crippen molar-refractivity contribution in [1.82, 2.24) is 0 Å². The Kier molecular flexibility index (Phi) is 3.54. The third kappa shape index (κ3) is 2.21. The molecule has 22 heavy (non-hydrogen) atoms. The molecule has 2 unspecified atom stereocenters. The van der Waals surface area contributed by atoms with E-state index in [1.54, 1.807) is 0 Å². The maximum Gasteiger partial charge on any atom is 0.0565 e. The molecule has 1 heterocycles. The van der Waals surface area contributed by atoms with Crippen molar-refractivity contribution >= 4 is 33.2 Å². The fraction of sp³-hybridized carbons (Fsp3) is 0.263. The van der Waals surface area contributed by atoms with E-state index in [4.69, 9.17) is 11.6 Å². The van der Waals surface area contributed by atoms with Crippen LogP contribution in [-0.4, -0.2) is 0 Å². The molecule has 1 nitrogen and oxygen atoms in total. The molecule has 0 bridgehead atoms. The molecule has 0 radical (unpaired) electrons. The third-order valence-corrected chi connectivity index (χ3v) is 5.81. The molecule has 0 spiro atoms. The first kappa shape index (κ1) is 14.3. The Hall–Kier alpha value is -1.25. The minimum Gasteiger partial charge on any atom is -0.377 e. The van der Waals surface area contributed by atoms with Crippen LogP contribution in [0.3, 0.4) is 0 Å². The number of anilines is 1. The molecular weight excluding hydrogens is 358 g/mol. The summed E-state index contributed by atoms with van der Waals surface area (Å²) >= 11 is 10.0. The third-order valence-electron chi connectivity index (χ3n) is 4.87. The van der Waals surface area contributed by atoms with Crippen LogP contribution in [0.5, 0.6) is 0 Å². The van der Waals surface area contributed by atoms with E-state index in [9.17, 15) is 0 Å². The molecule has 0 fully saturated rings. The van der Waals surface area contributed by atoms with Crippen LogP contribution in [0.2, 0.25) is 5.02 Å². The Bertz CT molecular complexity index is 768. The quantitative estimate of drug-likeness (QED) is 0.583. The molecule has 4 rings (SSSR count). The van der Waals surface area contributed by atoms with Crippen LogP contribution < -0.4 is 5.32 Å². The van der Waals surface area contributed by atoms with Gasteiger partial charge < -0.3 is 5.32 Å². The highest BCUT2D eigenvalue weighted by molar-refractivity contribution is 9.10. The smallest absolute Gasteiger partial charge is 0.0565 e. The lowest BCUT2D eigenvalue weighted by Crippen LogP contribution is -2.29. The fourth-order valence-electron chi connectivity index (χ4n) is 3.88. The summed E-state index contributed by atoms with van der Waals surface area (Å²) in [7, 11) is 0. The number of benzene rings is 2. The Morgan fingerprint density at radius 3 is 2.82 bits per heavy atom. The van der Waals surface area contributed by atoms with Crippen molar-refractivity contribution in [3.05, 3.63) is 74.7 Å². The maximum atomic E-state index is 6.29. The molecule has 1 N–H and O–H groups in total. The lowest BCUT2D eigenvalue weighted by atomic mass is 9.76. The molecule has 0 saturated heterocycles. The molecule has 1 aliphatic carbocycles. The molecule has 112 valence electrons. The van der Waals surface area contributed by atoms with Crippen molar-refractivity contribution < 1.29 is 0 Å². The summed E-state index contributed by atoms with van der Waals surface area (Å²) in [6.45, 7) is 2.13. The van der Waals surface area contributed by atoms with E-state index in [1.807, 2.05) is 6.07 Å². The van der Waals surface area contributed by atoms with Crippen LogP contribution in [-0.2, 0) is 0 Å². The van der Waals surface area contributed by atoms with Crippen LogP contribution in [0.1, 0.15) is 35.1 Å². The SMILES string of the molecule is Cc1cc(Cl)cc2c1N[C@H](c1ccccc1Br)C1CC=CC21. The second-order valence-electron chi connectivity index (χ2n) is 6.18. The van der Waals surface area contributed by atoms with E-state index in [0.29, 0.717) is 17.9 Å². The number of fused-ring (bicyclic) bond motifs is 3. The van der Waals surface area contributed by atoms with Gasteiger partial charge in [-0.05, 0) is 54.2 Å². The van der Waals surface area contributed by atoms with Gasteiger partial charge in [0.25, 0.3) is 0 Å². The molecule has 0 saturated carbocycles. The number of hydrogen-bond acceptors (Lipinski definition) is 1. The minimum absolute atomic E-state index is 0.322. The Labute approximate surface area is 144 Å². The summed E-state index contributed by atoms with van der Waals surface area (Å²) in [5.41, 5.74) is 5.14. The van der Waals surface area contributed by atoms with E-state index < -0.39 is 0 Å². The summed E-state index contributed by atoms with van der Waals surface area (Å²) in [6, 6.07) is 13.0. The fourth-order valence-corrected chi connectivity index (χ4v) is 4.69. The van der Waals surface area contributed by atoms with E-state index in [1.165, 1.54) is 26.9 Å². The van der Waals surface area contributed by atoms with Gasteiger partial charge in [0.1, 0.15) is 0 Å². The van der Waals surface area contributed by atoms with E-state index in [2.05, 4.69) is 70.7 Å². The number of hydrogen-bond donors (Lipinski definition) is 1. The van der Waals surface area contributed by atoms with Crippen molar-refractivity contribution in [3.8, 4) is 0 Å². The number of nitrogens with one attached hydrogen (secondary N) is 1. The summed E-state index contributed by atoms with van der Waals surface area (Å²) in [5, 5.41) is 4.62. The van der Waals surface area contributed by atoms with E-state index in [0.717, 1.165) is 11.4 Å². The second-order valence-corrected chi connectivity index (χ2v) is 7.47. The van der Waals surface area contributed by atoms with Gasteiger partial charge in [-0.15, -0.1) is 0 Å². The molecule has 0 amide bonds. The van der Waals surface area contributed by atoms with Crippen LogP contribution in [0.4, 0.5) is 5.69 Å². The van der Waals surface area contributed by atoms with Crippen molar-refractivity contribution in [2.75, 3.05) is 5.32 Å². The highest BCUT2D eigenvalue weighted by atomic mass is 79.9. The summed E-state index contributed by atoms with van der Waals surface area (Å²) < 4.78 is 1.17. The Morgan fingerprint density at radius 1 is 1.18 bits per heavy atom. The van der Waals surface area contributed by atoms with Gasteiger partial charge in [-0.2, -0.15) is 0 Å². The van der Waals surface area contributed by atoms with Gasteiger partial charge >= 0.3 is 0 Å². The normalized spacial score (nSPS) is 25.5. The van der Waals surface area contributed by atoms with Gasteiger partial charge in [0.2, 0.25) is 0 Å². The predicted molar refractivity (Wildman–Crippen MR) is 96.7 cm³/mol. The van der Waals surface area contributed by atoms with E-state index in [-0.39, 0.29) is 0 Å². The largest absolute Gasteiger partial charge is 0.377 e. The lowest BCUT2D eigenvalue weighted by Gasteiger charge is -2.38. The average Bonchev–Trinajstić information content (AvgIpc) is 2.97. The van der Waals surface area contributed by atoms with Gasteiger partial charge in [-0.3, -0.25) is 0 Å².